The van der Waals surface area contributed by atoms with Crippen molar-refractivity contribution in [2.75, 3.05) is 7.11 Å². The monoisotopic (exact) mass is 208 g/mol. The van der Waals surface area contributed by atoms with Gasteiger partial charge in [-0.25, -0.2) is 0 Å². The van der Waals surface area contributed by atoms with Crippen molar-refractivity contribution in [3.8, 4) is 5.75 Å². The van der Waals surface area contributed by atoms with Gasteiger partial charge in [0.15, 0.2) is 5.78 Å². The van der Waals surface area contributed by atoms with Crippen molar-refractivity contribution in [1.29, 1.82) is 0 Å². The zero-order chi connectivity index (χ0) is 11.3. The third-order valence-electron chi connectivity index (χ3n) is 2.29. The van der Waals surface area contributed by atoms with E-state index < -0.39 is 6.10 Å². The lowest BCUT2D eigenvalue weighted by atomic mass is 10.1. The highest BCUT2D eigenvalue weighted by Gasteiger charge is 2.08. The second-order valence-electron chi connectivity index (χ2n) is 3.49. The van der Waals surface area contributed by atoms with Crippen molar-refractivity contribution in [2.24, 2.45) is 0 Å². The Bertz CT molecular complexity index is 314. The van der Waals surface area contributed by atoms with Gasteiger partial charge in [0.25, 0.3) is 0 Å². The van der Waals surface area contributed by atoms with Gasteiger partial charge < -0.3 is 9.84 Å². The lowest BCUT2D eigenvalue weighted by Crippen LogP contribution is -2.16. The van der Waals surface area contributed by atoms with Crippen LogP contribution in [0.2, 0.25) is 0 Å². The summed E-state index contributed by atoms with van der Waals surface area (Å²) in [5.74, 6) is 0.687. The fraction of sp³-hybridized carbons (Fsp3) is 0.417. The van der Waals surface area contributed by atoms with Gasteiger partial charge in [0.05, 0.1) is 7.11 Å². The van der Waals surface area contributed by atoms with Crippen molar-refractivity contribution in [2.45, 2.75) is 25.9 Å². The van der Waals surface area contributed by atoms with Crippen LogP contribution in [0.4, 0.5) is 0 Å². The average Bonchev–Trinajstić information content (AvgIpc) is 2.26. The van der Waals surface area contributed by atoms with Gasteiger partial charge in [0.1, 0.15) is 11.9 Å². The quantitative estimate of drug-likeness (QED) is 0.799. The first-order valence-electron chi connectivity index (χ1n) is 4.97. The minimum atomic E-state index is -0.858. The molecule has 3 nitrogen and oxygen atoms in total. The molecule has 1 aromatic carbocycles. The van der Waals surface area contributed by atoms with E-state index in [0.29, 0.717) is 12.8 Å². The van der Waals surface area contributed by atoms with E-state index in [1.807, 2.05) is 24.3 Å². The first-order valence-corrected chi connectivity index (χ1v) is 4.97. The Kier molecular flexibility index (Phi) is 4.31. The van der Waals surface area contributed by atoms with Gasteiger partial charge in [0, 0.05) is 6.42 Å². The van der Waals surface area contributed by atoms with E-state index in [0.717, 1.165) is 11.3 Å². The SMILES string of the molecule is COc1ccc(CCC(=O)C(C)O)cc1. The van der Waals surface area contributed by atoms with Crippen LogP contribution in [0.25, 0.3) is 0 Å². The Labute approximate surface area is 89.7 Å². The van der Waals surface area contributed by atoms with Crippen molar-refractivity contribution in [1.82, 2.24) is 0 Å². The number of aliphatic hydroxyl groups is 1. The highest BCUT2D eigenvalue weighted by Crippen LogP contribution is 2.12. The third-order valence-corrected chi connectivity index (χ3v) is 2.29. The van der Waals surface area contributed by atoms with Gasteiger partial charge in [-0.1, -0.05) is 12.1 Å². The maximum Gasteiger partial charge on any atom is 0.161 e. The molecule has 0 aliphatic heterocycles. The first kappa shape index (κ1) is 11.7. The van der Waals surface area contributed by atoms with Crippen LogP contribution in [0, 0.1) is 0 Å². The van der Waals surface area contributed by atoms with Gasteiger partial charge >= 0.3 is 0 Å². The molecule has 0 aromatic heterocycles. The molecule has 82 valence electrons. The molecule has 1 N–H and O–H groups in total. The molecule has 3 heteroatoms. The molecule has 0 aliphatic rings. The Balaban J connectivity index is 2.47. The number of ketones is 1. The summed E-state index contributed by atoms with van der Waals surface area (Å²) < 4.78 is 5.03. The first-order chi connectivity index (χ1) is 7.13. The summed E-state index contributed by atoms with van der Waals surface area (Å²) in [5, 5.41) is 9.01. The van der Waals surface area contributed by atoms with Crippen molar-refractivity contribution in [3.63, 3.8) is 0 Å². The molecule has 0 bridgehead atoms. The Morgan fingerprint density at radius 2 is 2.00 bits per heavy atom. The van der Waals surface area contributed by atoms with Crippen LogP contribution in [-0.2, 0) is 11.2 Å². The van der Waals surface area contributed by atoms with Crippen LogP contribution in [0.15, 0.2) is 24.3 Å². The largest absolute Gasteiger partial charge is 0.497 e. The van der Waals surface area contributed by atoms with E-state index in [-0.39, 0.29) is 5.78 Å². The van der Waals surface area contributed by atoms with Crippen LogP contribution < -0.4 is 4.74 Å². The standard InChI is InChI=1S/C12H16O3/c1-9(13)12(14)8-5-10-3-6-11(15-2)7-4-10/h3-4,6-7,9,13H,5,8H2,1-2H3. The lowest BCUT2D eigenvalue weighted by Gasteiger charge is -2.04. The zero-order valence-electron chi connectivity index (χ0n) is 9.06. The number of methoxy groups -OCH3 is 1. The molecular formula is C12H16O3. The van der Waals surface area contributed by atoms with Crippen LogP contribution in [-0.4, -0.2) is 24.1 Å². The van der Waals surface area contributed by atoms with Crippen LogP contribution >= 0.6 is 0 Å². The smallest absolute Gasteiger partial charge is 0.161 e. The van der Waals surface area contributed by atoms with Gasteiger partial charge in [-0.3, -0.25) is 4.79 Å². The normalized spacial score (nSPS) is 12.2. The Morgan fingerprint density at radius 1 is 1.40 bits per heavy atom. The summed E-state index contributed by atoms with van der Waals surface area (Å²) in [4.78, 5) is 11.2. The number of Topliss-reactive ketones (excluding diaryl/α,β-unsaturated/α-hetero) is 1. The molecule has 0 amide bonds. The predicted octanol–water partition coefficient (Wildman–Crippen LogP) is 1.58. The molecule has 0 saturated heterocycles. The predicted molar refractivity (Wildman–Crippen MR) is 58.0 cm³/mol. The number of hydrogen-bond donors (Lipinski definition) is 1. The molecule has 0 radical (unpaired) electrons. The second kappa shape index (κ2) is 5.51. The number of rotatable bonds is 5. The van der Waals surface area contributed by atoms with E-state index in [4.69, 9.17) is 9.84 Å². The van der Waals surface area contributed by atoms with Gasteiger partial charge in [0.2, 0.25) is 0 Å². The highest BCUT2D eigenvalue weighted by atomic mass is 16.5. The maximum absolute atomic E-state index is 11.2. The average molecular weight is 208 g/mol. The number of ether oxygens (including phenoxy) is 1. The van der Waals surface area contributed by atoms with Crippen LogP contribution in [0.5, 0.6) is 5.75 Å². The second-order valence-corrected chi connectivity index (χ2v) is 3.49. The van der Waals surface area contributed by atoms with E-state index in [9.17, 15) is 4.79 Å². The summed E-state index contributed by atoms with van der Waals surface area (Å²) in [6, 6.07) is 7.58. The zero-order valence-corrected chi connectivity index (χ0v) is 9.06. The van der Waals surface area contributed by atoms with Crippen molar-refractivity contribution >= 4 is 5.78 Å². The summed E-state index contributed by atoms with van der Waals surface area (Å²) in [6.07, 6.45) is 0.181. The molecule has 1 rings (SSSR count). The van der Waals surface area contributed by atoms with E-state index in [2.05, 4.69) is 0 Å². The molecule has 0 heterocycles. The summed E-state index contributed by atoms with van der Waals surface area (Å²) >= 11 is 0. The third kappa shape index (κ3) is 3.72. The van der Waals surface area contributed by atoms with Crippen molar-refractivity contribution < 1.29 is 14.6 Å². The topological polar surface area (TPSA) is 46.5 Å². The fourth-order valence-corrected chi connectivity index (χ4v) is 1.27. The summed E-state index contributed by atoms with van der Waals surface area (Å²) in [6.45, 7) is 1.50. The van der Waals surface area contributed by atoms with E-state index >= 15 is 0 Å². The molecule has 1 atom stereocenters. The molecule has 15 heavy (non-hydrogen) atoms. The number of carbonyl (C=O) groups excluding carboxylic acids is 1. The summed E-state index contributed by atoms with van der Waals surface area (Å²) in [5.41, 5.74) is 1.07. The number of benzene rings is 1. The van der Waals surface area contributed by atoms with Crippen LogP contribution in [0.3, 0.4) is 0 Å². The molecule has 1 aromatic rings. The van der Waals surface area contributed by atoms with E-state index in [1.54, 1.807) is 7.11 Å². The van der Waals surface area contributed by atoms with Crippen LogP contribution in [0.1, 0.15) is 18.9 Å². The maximum atomic E-state index is 11.2. The Hall–Kier alpha value is -1.35. The number of aliphatic hydroxyl groups excluding tert-OH is 1. The van der Waals surface area contributed by atoms with Gasteiger partial charge in [-0.2, -0.15) is 0 Å². The minimum Gasteiger partial charge on any atom is -0.497 e. The molecular weight excluding hydrogens is 192 g/mol. The molecule has 0 saturated carbocycles. The number of hydrogen-bond acceptors (Lipinski definition) is 3. The minimum absolute atomic E-state index is 0.120. The number of aryl methyl sites for hydroxylation is 1. The lowest BCUT2D eigenvalue weighted by molar-refractivity contribution is -0.126. The van der Waals surface area contributed by atoms with Gasteiger partial charge in [-0.15, -0.1) is 0 Å². The van der Waals surface area contributed by atoms with Crippen molar-refractivity contribution in [3.05, 3.63) is 29.8 Å². The Morgan fingerprint density at radius 3 is 2.47 bits per heavy atom. The number of carbonyl (C=O) groups is 1. The molecule has 0 aliphatic carbocycles. The van der Waals surface area contributed by atoms with Gasteiger partial charge in [-0.05, 0) is 31.0 Å². The molecule has 0 spiro atoms. The molecule has 0 fully saturated rings. The fourth-order valence-electron chi connectivity index (χ4n) is 1.27. The summed E-state index contributed by atoms with van der Waals surface area (Å²) in [7, 11) is 1.62. The molecule has 1 unspecified atom stereocenters. The highest BCUT2D eigenvalue weighted by molar-refractivity contribution is 5.82. The van der Waals surface area contributed by atoms with E-state index in [1.165, 1.54) is 6.92 Å².